The molecule has 0 unspecified atom stereocenters. The third-order valence-electron chi connectivity index (χ3n) is 11.5. The maximum atomic E-state index is 4.73. The van der Waals surface area contributed by atoms with Gasteiger partial charge in [0.2, 0.25) is 0 Å². The first-order valence-electron chi connectivity index (χ1n) is 19.1. The Morgan fingerprint density at radius 1 is 0.536 bits per heavy atom. The molecule has 0 saturated carbocycles. The molecule has 10 rings (SSSR count). The van der Waals surface area contributed by atoms with Crippen LogP contribution < -0.4 is 29.7 Å². The van der Waals surface area contributed by atoms with E-state index in [9.17, 15) is 0 Å². The first kappa shape index (κ1) is 37.9. The molecule has 275 valence electrons. The molecule has 8 aromatic rings. The van der Waals surface area contributed by atoms with Crippen LogP contribution in [0.5, 0.6) is 0 Å². The van der Waals surface area contributed by atoms with Crippen LogP contribution >= 0.6 is 0 Å². The van der Waals surface area contributed by atoms with E-state index in [0.29, 0.717) is 15.0 Å². The molecule has 0 spiro atoms. The molecule has 0 aliphatic carbocycles. The second kappa shape index (κ2) is 16.2. The average molecular weight is 980 g/mol. The summed E-state index contributed by atoms with van der Waals surface area (Å²) >= 11 is 0.346. The van der Waals surface area contributed by atoms with Crippen molar-refractivity contribution in [2.45, 2.75) is 32.1 Å². The van der Waals surface area contributed by atoms with Crippen LogP contribution in [-0.4, -0.2) is 33.0 Å². The van der Waals surface area contributed by atoms with Crippen LogP contribution in [0, 0.1) is 12.1 Å². The number of hydrogen-bond donors (Lipinski definition) is 0. The Hall–Kier alpha value is -4.99. The van der Waals surface area contributed by atoms with E-state index in [1.807, 2.05) is 24.5 Å². The van der Waals surface area contributed by atoms with Gasteiger partial charge in [-0.05, 0) is 22.5 Å². The summed E-state index contributed by atoms with van der Waals surface area (Å²) < 4.78 is 3.02. The van der Waals surface area contributed by atoms with E-state index >= 15 is 0 Å². The molecule has 0 fully saturated rings. The van der Waals surface area contributed by atoms with Crippen molar-refractivity contribution in [1.82, 2.24) is 9.97 Å². The van der Waals surface area contributed by atoms with Crippen molar-refractivity contribution in [3.05, 3.63) is 206 Å². The predicted octanol–water partition coefficient (Wildman–Crippen LogP) is 7.53. The quantitative estimate of drug-likeness (QED) is 0.127. The van der Waals surface area contributed by atoms with Crippen LogP contribution in [0.2, 0.25) is 0 Å². The van der Waals surface area contributed by atoms with Crippen molar-refractivity contribution in [2.24, 2.45) is 0 Å². The van der Waals surface area contributed by atoms with Gasteiger partial charge in [-0.2, -0.15) is 0 Å². The minimum Gasteiger partial charge on any atom is -0.305 e. The van der Waals surface area contributed by atoms with Crippen LogP contribution in [0.25, 0.3) is 33.6 Å². The summed E-state index contributed by atoms with van der Waals surface area (Å²) in [7, 11) is -2.52. The van der Waals surface area contributed by atoms with E-state index < -0.39 is 8.07 Å². The monoisotopic (exact) mass is 981 g/mol. The Labute approximate surface area is 351 Å². The van der Waals surface area contributed by atoms with Gasteiger partial charge in [-0.1, -0.05) is 113 Å². The Morgan fingerprint density at radius 2 is 1.09 bits per heavy atom. The minimum atomic E-state index is -2.52. The Morgan fingerprint density at radius 3 is 1.73 bits per heavy atom. The third kappa shape index (κ3) is 6.20. The fraction of sp³-hybridized carbons (Fsp3) is 0.0980. The van der Waals surface area contributed by atoms with Crippen molar-refractivity contribution >= 4 is 52.7 Å². The first-order valence-corrected chi connectivity index (χ1v) is 22.8. The van der Waals surface area contributed by atoms with E-state index in [1.54, 1.807) is 0 Å². The molecule has 2 aromatic heterocycles. The molecule has 5 heteroatoms. The molecule has 2 nitrogen and oxygen atoms in total. The minimum absolute atomic E-state index is 0. The first-order chi connectivity index (χ1) is 27.2. The molecule has 6 aromatic carbocycles. The van der Waals surface area contributed by atoms with Gasteiger partial charge in [0, 0.05) is 26.3 Å². The number of aromatic nitrogens is 2. The fourth-order valence-corrected chi connectivity index (χ4v) is 17.2. The van der Waals surface area contributed by atoms with E-state index in [-0.39, 0.29) is 25.5 Å². The van der Waals surface area contributed by atoms with Gasteiger partial charge in [-0.15, -0.1) is 28.9 Å². The van der Waals surface area contributed by atoms with Gasteiger partial charge in [-0.25, -0.2) is 0 Å². The van der Waals surface area contributed by atoms with Gasteiger partial charge >= 0.3 is 150 Å². The van der Waals surface area contributed by atoms with Crippen molar-refractivity contribution in [3.63, 3.8) is 0 Å². The molecule has 4 heterocycles. The van der Waals surface area contributed by atoms with Gasteiger partial charge in [0.25, 0.3) is 0 Å². The SMILES string of the molecule is CCC1(CC)c2ccccc2[Se]c2cc[c-]c(-c3ccccn3)c21.[Ir].[c-]1ccc2c(c1-c1ccccn1)[Si](c1ccccc1)(c1ccccc1)c1ccccc1-2. The summed E-state index contributed by atoms with van der Waals surface area (Å²) in [5.74, 6) is 0. The van der Waals surface area contributed by atoms with Gasteiger partial charge < -0.3 is 4.98 Å². The van der Waals surface area contributed by atoms with Gasteiger partial charge in [0.15, 0.2) is 0 Å². The number of rotatable bonds is 6. The Bertz CT molecular complexity index is 2550. The summed E-state index contributed by atoms with van der Waals surface area (Å²) in [6.45, 7) is 4.63. The predicted molar refractivity (Wildman–Crippen MR) is 232 cm³/mol. The Kier molecular flexibility index (Phi) is 11.0. The summed E-state index contributed by atoms with van der Waals surface area (Å²) in [5.41, 5.74) is 10.0. The van der Waals surface area contributed by atoms with Crippen molar-refractivity contribution in [3.8, 4) is 33.6 Å². The largest absolute Gasteiger partial charge is 0.305 e. The molecule has 1 radical (unpaired) electrons. The zero-order chi connectivity index (χ0) is 37.2. The Balaban J connectivity index is 0.000000160. The fourth-order valence-electron chi connectivity index (χ4n) is 9.09. The maximum Gasteiger partial charge on any atom is 0.136 e. The van der Waals surface area contributed by atoms with Crippen molar-refractivity contribution in [1.29, 1.82) is 0 Å². The van der Waals surface area contributed by atoms with Crippen LogP contribution in [0.1, 0.15) is 37.8 Å². The number of nitrogens with zero attached hydrogens (tertiary/aromatic N) is 2. The molecule has 2 aliphatic heterocycles. The van der Waals surface area contributed by atoms with Gasteiger partial charge in [0.1, 0.15) is 8.07 Å². The van der Waals surface area contributed by atoms with Crippen LogP contribution in [0.3, 0.4) is 0 Å². The molecule has 0 saturated heterocycles. The number of hydrogen-bond acceptors (Lipinski definition) is 2. The maximum absolute atomic E-state index is 4.73. The van der Waals surface area contributed by atoms with Crippen LogP contribution in [0.4, 0.5) is 0 Å². The van der Waals surface area contributed by atoms with Gasteiger partial charge in [-0.3, -0.25) is 0 Å². The van der Waals surface area contributed by atoms with E-state index in [2.05, 4.69) is 189 Å². The summed E-state index contributed by atoms with van der Waals surface area (Å²) in [4.78, 5) is 9.36. The number of benzene rings is 6. The van der Waals surface area contributed by atoms with E-state index in [0.717, 1.165) is 29.8 Å². The van der Waals surface area contributed by atoms with Crippen LogP contribution in [-0.2, 0) is 25.5 Å². The second-order valence-electron chi connectivity index (χ2n) is 14.1. The van der Waals surface area contributed by atoms with Gasteiger partial charge in [0.05, 0.1) is 0 Å². The smallest absolute Gasteiger partial charge is 0.136 e. The molecular weight excluding hydrogens is 940 g/mol. The second-order valence-corrected chi connectivity index (χ2v) is 20.0. The number of fused-ring (bicyclic) bond motifs is 5. The molecule has 0 amide bonds. The standard InChI is InChI=1S/C29H20NSi.C22H20NSe.Ir/c1-3-12-22(13-4-1)31(23-14-5-2-6-15-23)28-20-8-7-16-24(28)25-17-11-18-26(29(25)31)27-19-9-10-21-30-27;1-3-22(4-2)17-11-5-6-13-19(17)24-20-14-9-10-16(21(20)22)18-12-7-8-15-23-18;/h1-17,19-21H;5-9,11-15H,3-4H2,1-2H3;/q2*-1;. The van der Waals surface area contributed by atoms with E-state index in [1.165, 1.54) is 57.5 Å². The normalized spacial score (nSPS) is 13.8. The molecule has 0 N–H and O–H groups in total. The molecular formula is C51H40IrN2SeSi-2. The average Bonchev–Trinajstić information content (AvgIpc) is 3.58. The summed E-state index contributed by atoms with van der Waals surface area (Å²) in [5, 5.41) is 5.62. The zero-order valence-corrected chi connectivity index (χ0v) is 36.5. The molecule has 0 bridgehead atoms. The molecule has 0 atom stereocenters. The zero-order valence-electron chi connectivity index (χ0n) is 31.4. The van der Waals surface area contributed by atoms with Crippen molar-refractivity contribution < 1.29 is 20.1 Å². The third-order valence-corrected chi connectivity index (χ3v) is 18.8. The molecule has 56 heavy (non-hydrogen) atoms. The summed E-state index contributed by atoms with van der Waals surface area (Å²) in [6.07, 6.45) is 5.95. The van der Waals surface area contributed by atoms with Crippen molar-refractivity contribution in [2.75, 3.05) is 0 Å². The van der Waals surface area contributed by atoms with Crippen LogP contribution in [0.15, 0.2) is 182 Å². The summed E-state index contributed by atoms with van der Waals surface area (Å²) in [6, 6.07) is 68.1. The van der Waals surface area contributed by atoms with E-state index in [4.69, 9.17) is 4.98 Å². The topological polar surface area (TPSA) is 25.8 Å². The number of pyridine rings is 2. The molecule has 2 aliphatic rings.